The van der Waals surface area contributed by atoms with Crippen LogP contribution in [0.5, 0.6) is 0 Å². The lowest BCUT2D eigenvalue weighted by atomic mass is 9.89. The van der Waals surface area contributed by atoms with Gasteiger partial charge in [0.25, 0.3) is 0 Å². The number of nitrogens with zero attached hydrogens (tertiary/aromatic N) is 1. The molecule has 0 aromatic heterocycles. The lowest BCUT2D eigenvalue weighted by Crippen LogP contribution is -2.51. The third-order valence-electron chi connectivity index (χ3n) is 4.67. The summed E-state index contributed by atoms with van der Waals surface area (Å²) in [5.74, 6) is 0.410. The van der Waals surface area contributed by atoms with E-state index in [9.17, 15) is 9.90 Å². The zero-order chi connectivity index (χ0) is 17.4. The monoisotopic (exact) mass is 334 g/mol. The van der Waals surface area contributed by atoms with Crippen molar-refractivity contribution in [1.82, 2.24) is 10.2 Å². The van der Waals surface area contributed by atoms with Gasteiger partial charge in [0.15, 0.2) is 0 Å². The number of hydrogen-bond donors (Lipinski definition) is 2. The normalized spacial score (nSPS) is 22.8. The number of rotatable bonds is 7. The first-order valence-electron chi connectivity index (χ1n) is 8.98. The maximum absolute atomic E-state index is 12.1. The molecule has 0 bridgehead atoms. The molecule has 0 radical (unpaired) electrons. The fourth-order valence-corrected chi connectivity index (χ4v) is 3.32. The Morgan fingerprint density at radius 2 is 2.08 bits per heavy atom. The van der Waals surface area contributed by atoms with Gasteiger partial charge >= 0.3 is 6.09 Å². The molecule has 0 spiro atoms. The Labute approximate surface area is 145 Å². The third-order valence-corrected chi connectivity index (χ3v) is 4.67. The number of alkyl carbamates (subject to hydrolysis) is 1. The Bertz CT molecular complexity index is 493. The summed E-state index contributed by atoms with van der Waals surface area (Å²) >= 11 is 0. The second kappa shape index (κ2) is 9.64. The van der Waals surface area contributed by atoms with Gasteiger partial charge in [0.1, 0.15) is 6.61 Å². The van der Waals surface area contributed by atoms with Gasteiger partial charge in [-0.15, -0.1) is 0 Å². The summed E-state index contributed by atoms with van der Waals surface area (Å²) in [6.07, 6.45) is 1.85. The molecule has 3 atom stereocenters. The van der Waals surface area contributed by atoms with E-state index in [0.717, 1.165) is 44.5 Å². The van der Waals surface area contributed by atoms with Crippen molar-refractivity contribution in [2.24, 2.45) is 5.92 Å². The summed E-state index contributed by atoms with van der Waals surface area (Å²) in [7, 11) is 0. The molecule has 1 amide bonds. The minimum Gasteiger partial charge on any atom is -0.445 e. The number of benzene rings is 1. The van der Waals surface area contributed by atoms with E-state index >= 15 is 0 Å². The molecule has 24 heavy (non-hydrogen) atoms. The number of nitrogens with one attached hydrogen (secondary N) is 1. The number of likely N-dealkylation sites (N-methyl/N-ethyl adjacent to an activating group) is 1. The molecule has 5 heteroatoms. The molecule has 1 fully saturated rings. The molecule has 0 aliphatic carbocycles. The Hall–Kier alpha value is -1.59. The molecule has 0 saturated carbocycles. The first kappa shape index (κ1) is 18.7. The molecule has 134 valence electrons. The standard InChI is InChI=1S/C19H30N2O3/c1-3-18(22)11-16-10-17(13-21(4-2)12-16)20-19(23)24-14-15-8-6-5-7-9-15/h5-9,16-18,22H,3-4,10-14H2,1-2H3,(H,20,23). The summed E-state index contributed by atoms with van der Waals surface area (Å²) in [5.41, 5.74) is 0.982. The van der Waals surface area contributed by atoms with E-state index in [1.165, 1.54) is 0 Å². The van der Waals surface area contributed by atoms with Crippen molar-refractivity contribution in [1.29, 1.82) is 0 Å². The fourth-order valence-electron chi connectivity index (χ4n) is 3.32. The molecule has 2 rings (SSSR count). The number of aliphatic hydroxyl groups excluding tert-OH is 1. The highest BCUT2D eigenvalue weighted by molar-refractivity contribution is 5.67. The SMILES string of the molecule is CCC(O)CC1CC(NC(=O)OCc2ccccc2)CN(CC)C1. The molecule has 1 saturated heterocycles. The number of amides is 1. The molecule has 1 aliphatic rings. The highest BCUT2D eigenvalue weighted by atomic mass is 16.5. The Kier molecular flexibility index (Phi) is 7.53. The molecular formula is C19H30N2O3. The molecular weight excluding hydrogens is 304 g/mol. The van der Waals surface area contributed by atoms with Crippen LogP contribution in [0.15, 0.2) is 30.3 Å². The minimum atomic E-state index is -0.364. The zero-order valence-corrected chi connectivity index (χ0v) is 14.8. The predicted octanol–water partition coefficient (Wildman–Crippen LogP) is 2.78. The van der Waals surface area contributed by atoms with Crippen molar-refractivity contribution >= 4 is 6.09 Å². The van der Waals surface area contributed by atoms with Gasteiger partial charge in [-0.05, 0) is 37.3 Å². The number of piperidine rings is 1. The predicted molar refractivity (Wildman–Crippen MR) is 94.7 cm³/mol. The van der Waals surface area contributed by atoms with Crippen LogP contribution in [-0.4, -0.2) is 47.9 Å². The van der Waals surface area contributed by atoms with Crippen LogP contribution in [0.1, 0.15) is 38.7 Å². The topological polar surface area (TPSA) is 61.8 Å². The van der Waals surface area contributed by atoms with Gasteiger partial charge in [-0.25, -0.2) is 4.79 Å². The molecule has 1 heterocycles. The third kappa shape index (κ3) is 6.13. The van der Waals surface area contributed by atoms with Gasteiger partial charge in [-0.1, -0.05) is 44.2 Å². The highest BCUT2D eigenvalue weighted by Gasteiger charge is 2.28. The number of hydrogen-bond acceptors (Lipinski definition) is 4. The zero-order valence-electron chi connectivity index (χ0n) is 14.8. The summed E-state index contributed by atoms with van der Waals surface area (Å²) in [5, 5.41) is 12.9. The molecule has 1 aromatic carbocycles. The maximum Gasteiger partial charge on any atom is 0.407 e. The van der Waals surface area contributed by atoms with Crippen LogP contribution in [0.2, 0.25) is 0 Å². The average Bonchev–Trinajstić information content (AvgIpc) is 2.60. The lowest BCUT2D eigenvalue weighted by Gasteiger charge is -2.38. The molecule has 3 unspecified atom stereocenters. The Balaban J connectivity index is 1.81. The van der Waals surface area contributed by atoms with E-state index in [1.54, 1.807) is 0 Å². The largest absolute Gasteiger partial charge is 0.445 e. The Morgan fingerprint density at radius 1 is 1.33 bits per heavy atom. The van der Waals surface area contributed by atoms with Crippen molar-refractivity contribution in [3.05, 3.63) is 35.9 Å². The van der Waals surface area contributed by atoms with Crippen LogP contribution in [0.4, 0.5) is 4.79 Å². The molecule has 5 nitrogen and oxygen atoms in total. The molecule has 1 aromatic rings. The van der Waals surface area contributed by atoms with Gasteiger partial charge in [0.2, 0.25) is 0 Å². The van der Waals surface area contributed by atoms with Gasteiger partial charge in [-0.3, -0.25) is 0 Å². The van der Waals surface area contributed by atoms with Crippen molar-refractivity contribution < 1.29 is 14.6 Å². The van der Waals surface area contributed by atoms with Crippen LogP contribution in [0.3, 0.4) is 0 Å². The summed E-state index contributed by atoms with van der Waals surface area (Å²) in [4.78, 5) is 14.4. The van der Waals surface area contributed by atoms with E-state index in [0.29, 0.717) is 5.92 Å². The first-order chi connectivity index (χ1) is 11.6. The number of ether oxygens (including phenoxy) is 1. The van der Waals surface area contributed by atoms with Crippen molar-refractivity contribution in [2.45, 2.75) is 51.9 Å². The van der Waals surface area contributed by atoms with E-state index < -0.39 is 0 Å². The van der Waals surface area contributed by atoms with Crippen molar-refractivity contribution in [3.63, 3.8) is 0 Å². The quantitative estimate of drug-likeness (QED) is 0.805. The van der Waals surface area contributed by atoms with E-state index in [2.05, 4.69) is 17.1 Å². The van der Waals surface area contributed by atoms with Gasteiger partial charge in [-0.2, -0.15) is 0 Å². The van der Waals surface area contributed by atoms with Crippen LogP contribution in [0, 0.1) is 5.92 Å². The van der Waals surface area contributed by atoms with E-state index in [4.69, 9.17) is 4.74 Å². The van der Waals surface area contributed by atoms with E-state index in [-0.39, 0.29) is 24.8 Å². The smallest absolute Gasteiger partial charge is 0.407 e. The van der Waals surface area contributed by atoms with Crippen LogP contribution < -0.4 is 5.32 Å². The fraction of sp³-hybridized carbons (Fsp3) is 0.632. The first-order valence-corrected chi connectivity index (χ1v) is 8.98. The lowest BCUT2D eigenvalue weighted by molar-refractivity contribution is 0.0807. The summed E-state index contributed by atoms with van der Waals surface area (Å²) < 4.78 is 5.32. The Morgan fingerprint density at radius 3 is 2.75 bits per heavy atom. The number of aliphatic hydroxyl groups is 1. The highest BCUT2D eigenvalue weighted by Crippen LogP contribution is 2.22. The summed E-state index contributed by atoms with van der Waals surface area (Å²) in [6.45, 7) is 7.20. The minimum absolute atomic E-state index is 0.0797. The average molecular weight is 334 g/mol. The number of carbonyl (C=O) groups excluding carboxylic acids is 1. The van der Waals surface area contributed by atoms with Gasteiger partial charge < -0.3 is 20.1 Å². The van der Waals surface area contributed by atoms with Crippen LogP contribution in [0.25, 0.3) is 0 Å². The maximum atomic E-state index is 12.1. The second-order valence-corrected chi connectivity index (χ2v) is 6.65. The van der Waals surface area contributed by atoms with Crippen LogP contribution >= 0.6 is 0 Å². The van der Waals surface area contributed by atoms with Crippen molar-refractivity contribution in [2.75, 3.05) is 19.6 Å². The second-order valence-electron chi connectivity index (χ2n) is 6.65. The van der Waals surface area contributed by atoms with E-state index in [1.807, 2.05) is 37.3 Å². The van der Waals surface area contributed by atoms with Gasteiger partial charge in [0, 0.05) is 19.1 Å². The number of likely N-dealkylation sites (tertiary alicyclic amines) is 1. The van der Waals surface area contributed by atoms with Crippen LogP contribution in [-0.2, 0) is 11.3 Å². The number of carbonyl (C=O) groups is 1. The van der Waals surface area contributed by atoms with Gasteiger partial charge in [0.05, 0.1) is 6.10 Å². The summed E-state index contributed by atoms with van der Waals surface area (Å²) in [6, 6.07) is 9.76. The van der Waals surface area contributed by atoms with Crippen molar-refractivity contribution in [3.8, 4) is 0 Å². The molecule has 1 aliphatic heterocycles. The molecule has 2 N–H and O–H groups in total.